The molecule has 2 heterocycles. The lowest BCUT2D eigenvalue weighted by Crippen LogP contribution is -2.22. The monoisotopic (exact) mass is 312 g/mol. The van der Waals surface area contributed by atoms with E-state index in [1.165, 1.54) is 30.2 Å². The van der Waals surface area contributed by atoms with Crippen molar-refractivity contribution >= 4 is 21.4 Å². The van der Waals surface area contributed by atoms with Gasteiger partial charge in [-0.05, 0) is 36.4 Å². The third kappa shape index (κ3) is 3.49. The predicted molar refractivity (Wildman–Crippen MR) is 76.9 cm³/mol. The number of rotatable bonds is 7. The molecule has 0 atom stereocenters. The van der Waals surface area contributed by atoms with E-state index in [2.05, 4.69) is 10.0 Å². The number of sulfonamides is 1. The minimum absolute atomic E-state index is 0.0262. The predicted octanol–water partition coefficient (Wildman–Crippen LogP) is 2.07. The van der Waals surface area contributed by atoms with Crippen LogP contribution in [-0.2, 0) is 23.1 Å². The molecule has 0 unspecified atom stereocenters. The van der Waals surface area contributed by atoms with E-state index in [1.807, 2.05) is 17.5 Å². The van der Waals surface area contributed by atoms with Crippen molar-refractivity contribution < 1.29 is 12.8 Å². The standard InChI is InChI=1S/C13H16N2O3S2/c16-20(17,15-9-12-2-1-7-19-12)13-6-5-11(18-13)8-14-10-3-4-10/h1-2,5-7,10,14-15H,3-4,8-9H2. The molecule has 1 fully saturated rings. The molecule has 5 nitrogen and oxygen atoms in total. The van der Waals surface area contributed by atoms with Crippen molar-refractivity contribution in [2.24, 2.45) is 0 Å². The van der Waals surface area contributed by atoms with Crippen LogP contribution in [0.1, 0.15) is 23.5 Å². The summed E-state index contributed by atoms with van der Waals surface area (Å²) >= 11 is 1.51. The van der Waals surface area contributed by atoms with Crippen molar-refractivity contribution in [2.45, 2.75) is 37.1 Å². The lowest BCUT2D eigenvalue weighted by atomic mass is 10.4. The van der Waals surface area contributed by atoms with Crippen molar-refractivity contribution in [1.82, 2.24) is 10.0 Å². The van der Waals surface area contributed by atoms with Gasteiger partial charge in [-0.25, -0.2) is 13.1 Å². The Hall–Kier alpha value is -1.15. The molecule has 1 saturated carbocycles. The Morgan fingerprint density at radius 2 is 2.10 bits per heavy atom. The van der Waals surface area contributed by atoms with Gasteiger partial charge in [0.2, 0.25) is 5.09 Å². The van der Waals surface area contributed by atoms with Gasteiger partial charge in [0.25, 0.3) is 10.0 Å². The number of hydrogen-bond acceptors (Lipinski definition) is 5. The molecule has 0 saturated heterocycles. The van der Waals surface area contributed by atoms with E-state index in [-0.39, 0.29) is 11.6 Å². The highest BCUT2D eigenvalue weighted by Gasteiger charge is 2.22. The fourth-order valence-electron chi connectivity index (χ4n) is 1.78. The van der Waals surface area contributed by atoms with Gasteiger partial charge in [0, 0.05) is 17.5 Å². The second-order valence-electron chi connectivity index (χ2n) is 4.78. The van der Waals surface area contributed by atoms with E-state index in [0.717, 1.165) is 4.88 Å². The fraction of sp³-hybridized carbons (Fsp3) is 0.385. The quantitative estimate of drug-likeness (QED) is 0.821. The van der Waals surface area contributed by atoms with E-state index in [0.29, 0.717) is 18.3 Å². The van der Waals surface area contributed by atoms with Crippen LogP contribution in [0.5, 0.6) is 0 Å². The Bertz CT molecular complexity index is 658. The van der Waals surface area contributed by atoms with Crippen LogP contribution in [0.4, 0.5) is 0 Å². The van der Waals surface area contributed by atoms with Crippen LogP contribution in [-0.4, -0.2) is 14.5 Å². The highest BCUT2D eigenvalue weighted by atomic mass is 32.2. The van der Waals surface area contributed by atoms with Gasteiger partial charge in [0.1, 0.15) is 5.76 Å². The second-order valence-corrected chi connectivity index (χ2v) is 7.51. The minimum Gasteiger partial charge on any atom is -0.447 e. The summed E-state index contributed by atoms with van der Waals surface area (Å²) in [6, 6.07) is 7.55. The molecule has 7 heteroatoms. The van der Waals surface area contributed by atoms with Crippen LogP contribution in [0.25, 0.3) is 0 Å². The third-order valence-corrected chi connectivity index (χ3v) is 5.21. The van der Waals surface area contributed by atoms with Crippen molar-refractivity contribution in [2.75, 3.05) is 0 Å². The molecule has 108 valence electrons. The first-order chi connectivity index (χ1) is 9.63. The Kier molecular flexibility index (Phi) is 3.93. The molecular formula is C13H16N2O3S2. The highest BCUT2D eigenvalue weighted by Crippen LogP contribution is 2.20. The number of furan rings is 1. The van der Waals surface area contributed by atoms with Crippen LogP contribution in [0.3, 0.4) is 0 Å². The maximum Gasteiger partial charge on any atom is 0.274 e. The molecule has 0 radical (unpaired) electrons. The van der Waals surface area contributed by atoms with Crippen molar-refractivity contribution in [1.29, 1.82) is 0 Å². The van der Waals surface area contributed by atoms with Crippen molar-refractivity contribution in [3.63, 3.8) is 0 Å². The highest BCUT2D eigenvalue weighted by molar-refractivity contribution is 7.89. The summed E-state index contributed by atoms with van der Waals surface area (Å²) in [6.07, 6.45) is 2.38. The zero-order chi connectivity index (χ0) is 14.0. The largest absolute Gasteiger partial charge is 0.447 e. The molecule has 20 heavy (non-hydrogen) atoms. The SMILES string of the molecule is O=S(=O)(NCc1cccs1)c1ccc(CNC2CC2)o1. The normalized spacial score (nSPS) is 15.6. The van der Waals surface area contributed by atoms with Gasteiger partial charge in [0.15, 0.2) is 0 Å². The smallest absolute Gasteiger partial charge is 0.274 e. The zero-order valence-corrected chi connectivity index (χ0v) is 12.5. The number of nitrogens with one attached hydrogen (secondary N) is 2. The summed E-state index contributed by atoms with van der Waals surface area (Å²) in [7, 11) is -3.58. The number of thiophene rings is 1. The maximum absolute atomic E-state index is 12.1. The fourth-order valence-corrected chi connectivity index (χ4v) is 3.47. The molecule has 0 aromatic carbocycles. The molecule has 2 N–H and O–H groups in total. The molecule has 3 rings (SSSR count). The molecular weight excluding hydrogens is 296 g/mol. The van der Waals surface area contributed by atoms with Gasteiger partial charge in [-0.1, -0.05) is 6.07 Å². The summed E-state index contributed by atoms with van der Waals surface area (Å²) in [5, 5.41) is 5.17. The number of hydrogen-bond donors (Lipinski definition) is 2. The molecule has 1 aliphatic carbocycles. The third-order valence-electron chi connectivity index (χ3n) is 3.06. The van der Waals surface area contributed by atoms with Crippen LogP contribution < -0.4 is 10.0 Å². The molecule has 2 aromatic rings. The van der Waals surface area contributed by atoms with Gasteiger partial charge in [-0.15, -0.1) is 11.3 Å². The van der Waals surface area contributed by atoms with Crippen molar-refractivity contribution in [3.05, 3.63) is 40.3 Å². The van der Waals surface area contributed by atoms with Gasteiger partial charge in [-0.3, -0.25) is 0 Å². The van der Waals surface area contributed by atoms with E-state index in [4.69, 9.17) is 4.42 Å². The minimum atomic E-state index is -3.58. The Morgan fingerprint density at radius 3 is 2.80 bits per heavy atom. The van der Waals surface area contributed by atoms with E-state index < -0.39 is 10.0 Å². The first kappa shape index (κ1) is 13.8. The van der Waals surface area contributed by atoms with E-state index >= 15 is 0 Å². The van der Waals surface area contributed by atoms with Gasteiger partial charge < -0.3 is 9.73 Å². The summed E-state index contributed by atoms with van der Waals surface area (Å²) in [5.41, 5.74) is 0. The average molecular weight is 312 g/mol. The Labute approximate surface area is 122 Å². The Morgan fingerprint density at radius 1 is 1.25 bits per heavy atom. The first-order valence-corrected chi connectivity index (χ1v) is 8.84. The zero-order valence-electron chi connectivity index (χ0n) is 10.8. The van der Waals surface area contributed by atoms with Crippen LogP contribution in [0.15, 0.2) is 39.2 Å². The molecule has 2 aromatic heterocycles. The lowest BCUT2D eigenvalue weighted by molar-refractivity contribution is 0.399. The van der Waals surface area contributed by atoms with Gasteiger partial charge in [-0.2, -0.15) is 0 Å². The lowest BCUT2D eigenvalue weighted by Gasteiger charge is -2.03. The van der Waals surface area contributed by atoms with Crippen LogP contribution in [0, 0.1) is 0 Å². The van der Waals surface area contributed by atoms with Crippen molar-refractivity contribution in [3.8, 4) is 0 Å². The van der Waals surface area contributed by atoms with Gasteiger partial charge in [0.05, 0.1) is 6.54 Å². The van der Waals surface area contributed by atoms with Gasteiger partial charge >= 0.3 is 0 Å². The molecule has 0 aliphatic heterocycles. The van der Waals surface area contributed by atoms with E-state index in [9.17, 15) is 8.42 Å². The molecule has 0 spiro atoms. The summed E-state index contributed by atoms with van der Waals surface area (Å²) in [6.45, 7) is 0.863. The topological polar surface area (TPSA) is 71.3 Å². The first-order valence-electron chi connectivity index (χ1n) is 6.48. The molecule has 0 amide bonds. The van der Waals surface area contributed by atoms with Crippen LogP contribution in [0.2, 0.25) is 0 Å². The van der Waals surface area contributed by atoms with E-state index in [1.54, 1.807) is 6.07 Å². The summed E-state index contributed by atoms with van der Waals surface area (Å²) in [4.78, 5) is 0.968. The second kappa shape index (κ2) is 5.69. The summed E-state index contributed by atoms with van der Waals surface area (Å²) < 4.78 is 32.1. The molecule has 1 aliphatic rings. The van der Waals surface area contributed by atoms with Crippen LogP contribution >= 0.6 is 11.3 Å². The Balaban J connectivity index is 1.61. The molecule has 0 bridgehead atoms. The average Bonchev–Trinajstić information content (AvgIpc) is 2.94. The maximum atomic E-state index is 12.1. The summed E-state index contributed by atoms with van der Waals surface area (Å²) in [5.74, 6) is 0.647.